The third-order valence-corrected chi connectivity index (χ3v) is 3.63. The molecule has 2 amide bonds. The molecule has 118 valence electrons. The van der Waals surface area contributed by atoms with E-state index in [1.807, 2.05) is 32.2 Å². The molecule has 0 saturated carbocycles. The van der Waals surface area contributed by atoms with Crippen LogP contribution >= 0.6 is 11.6 Å². The molecule has 0 radical (unpaired) electrons. The quantitative estimate of drug-likeness (QED) is 0.889. The summed E-state index contributed by atoms with van der Waals surface area (Å²) < 4.78 is 6.87. The number of ether oxygens (including phenoxy) is 1. The first-order chi connectivity index (χ1) is 10.5. The molecule has 0 saturated heterocycles. The average Bonchev–Trinajstić information content (AvgIpc) is 2.89. The van der Waals surface area contributed by atoms with Crippen LogP contribution in [0.4, 0.5) is 10.5 Å². The lowest BCUT2D eigenvalue weighted by atomic mass is 10.2. The molecule has 0 aliphatic carbocycles. The van der Waals surface area contributed by atoms with Crippen molar-refractivity contribution < 1.29 is 9.53 Å². The molecule has 0 spiro atoms. The largest absolute Gasteiger partial charge is 0.382 e. The van der Waals surface area contributed by atoms with E-state index in [0.717, 1.165) is 11.3 Å². The van der Waals surface area contributed by atoms with Gasteiger partial charge in [-0.15, -0.1) is 0 Å². The highest BCUT2D eigenvalue weighted by molar-refractivity contribution is 6.33. The van der Waals surface area contributed by atoms with Gasteiger partial charge in [-0.2, -0.15) is 5.10 Å². The van der Waals surface area contributed by atoms with Gasteiger partial charge in [-0.25, -0.2) is 4.79 Å². The van der Waals surface area contributed by atoms with E-state index in [1.165, 1.54) is 0 Å². The molecule has 2 rings (SSSR count). The SMILES string of the molecule is COC[C@@H](NC(=O)Nc1c(C)cccc1Cl)c1ccnn1C. The molecule has 1 aromatic carbocycles. The van der Waals surface area contributed by atoms with Gasteiger partial charge in [0.2, 0.25) is 0 Å². The zero-order valence-corrected chi connectivity index (χ0v) is 13.5. The molecule has 0 bridgehead atoms. The lowest BCUT2D eigenvalue weighted by Gasteiger charge is -2.19. The fourth-order valence-corrected chi connectivity index (χ4v) is 2.46. The third kappa shape index (κ3) is 3.78. The van der Waals surface area contributed by atoms with Crippen LogP contribution in [0.3, 0.4) is 0 Å². The molecule has 2 N–H and O–H groups in total. The van der Waals surface area contributed by atoms with Crippen molar-refractivity contribution in [3.05, 3.63) is 46.7 Å². The van der Waals surface area contributed by atoms with Gasteiger partial charge in [0.25, 0.3) is 0 Å². The number of halogens is 1. The van der Waals surface area contributed by atoms with Crippen molar-refractivity contribution in [3.8, 4) is 0 Å². The molecule has 0 unspecified atom stereocenters. The molecule has 6 nitrogen and oxygen atoms in total. The molecule has 1 atom stereocenters. The number of aromatic nitrogens is 2. The number of anilines is 1. The van der Waals surface area contributed by atoms with Crippen molar-refractivity contribution in [1.29, 1.82) is 0 Å². The van der Waals surface area contributed by atoms with Crippen LogP contribution in [-0.2, 0) is 11.8 Å². The van der Waals surface area contributed by atoms with Crippen LogP contribution in [0, 0.1) is 6.92 Å². The summed E-state index contributed by atoms with van der Waals surface area (Å²) in [5.74, 6) is 0. The van der Waals surface area contributed by atoms with Crippen LogP contribution in [0.2, 0.25) is 5.02 Å². The topological polar surface area (TPSA) is 68.2 Å². The number of rotatable bonds is 5. The summed E-state index contributed by atoms with van der Waals surface area (Å²) in [5, 5.41) is 10.3. The Bertz CT molecular complexity index is 636. The lowest BCUT2D eigenvalue weighted by molar-refractivity contribution is 0.165. The predicted octanol–water partition coefficient (Wildman–Crippen LogP) is 2.89. The number of carbonyl (C=O) groups excluding carboxylic acids is 1. The first-order valence-electron chi connectivity index (χ1n) is 6.82. The standard InChI is InChI=1S/C15H19ClN4O2/c1-10-5-4-6-11(16)14(10)19-15(21)18-12(9-22-3)13-7-8-17-20(13)2/h4-8,12H,9H2,1-3H3,(H2,18,19,21)/t12-/m1/s1. The van der Waals surface area contributed by atoms with Crippen molar-refractivity contribution in [3.63, 3.8) is 0 Å². The monoisotopic (exact) mass is 322 g/mol. The van der Waals surface area contributed by atoms with E-state index < -0.39 is 0 Å². The summed E-state index contributed by atoms with van der Waals surface area (Å²) >= 11 is 6.11. The van der Waals surface area contributed by atoms with E-state index >= 15 is 0 Å². The van der Waals surface area contributed by atoms with Crippen molar-refractivity contribution >= 4 is 23.3 Å². The Morgan fingerprint density at radius 3 is 2.82 bits per heavy atom. The normalized spacial score (nSPS) is 12.0. The number of hydrogen-bond acceptors (Lipinski definition) is 3. The number of aryl methyl sites for hydroxylation is 2. The van der Waals surface area contributed by atoms with Gasteiger partial charge >= 0.3 is 6.03 Å². The van der Waals surface area contributed by atoms with Crippen molar-refractivity contribution in [1.82, 2.24) is 15.1 Å². The fraction of sp³-hybridized carbons (Fsp3) is 0.333. The van der Waals surface area contributed by atoms with Crippen molar-refractivity contribution in [2.24, 2.45) is 7.05 Å². The molecule has 0 fully saturated rings. The number of methoxy groups -OCH3 is 1. The third-order valence-electron chi connectivity index (χ3n) is 3.31. The zero-order valence-electron chi connectivity index (χ0n) is 12.8. The Morgan fingerprint density at radius 2 is 2.23 bits per heavy atom. The number of amides is 2. The maximum Gasteiger partial charge on any atom is 0.319 e. The van der Waals surface area contributed by atoms with Crippen LogP contribution in [0.15, 0.2) is 30.5 Å². The van der Waals surface area contributed by atoms with Gasteiger partial charge in [-0.1, -0.05) is 23.7 Å². The second-order valence-electron chi connectivity index (χ2n) is 4.92. The lowest BCUT2D eigenvalue weighted by Crippen LogP contribution is -2.36. The van der Waals surface area contributed by atoms with Crippen molar-refractivity contribution in [2.75, 3.05) is 19.0 Å². The number of urea groups is 1. The fourth-order valence-electron chi connectivity index (χ4n) is 2.19. The summed E-state index contributed by atoms with van der Waals surface area (Å²) in [6, 6.07) is 6.64. The Morgan fingerprint density at radius 1 is 1.45 bits per heavy atom. The number of nitrogens with zero attached hydrogens (tertiary/aromatic N) is 2. The smallest absolute Gasteiger partial charge is 0.319 e. The molecule has 7 heteroatoms. The van der Waals surface area contributed by atoms with E-state index in [4.69, 9.17) is 16.3 Å². The molecule has 0 aliphatic heterocycles. The van der Waals surface area contributed by atoms with Gasteiger partial charge < -0.3 is 15.4 Å². The van der Waals surface area contributed by atoms with Gasteiger partial charge in [0, 0.05) is 20.4 Å². The van der Waals surface area contributed by atoms with Crippen LogP contribution in [0.5, 0.6) is 0 Å². The summed E-state index contributed by atoms with van der Waals surface area (Å²) in [6.45, 7) is 2.23. The summed E-state index contributed by atoms with van der Waals surface area (Å²) in [6.07, 6.45) is 1.68. The molecular formula is C15H19ClN4O2. The number of nitrogens with one attached hydrogen (secondary N) is 2. The molecular weight excluding hydrogens is 304 g/mol. The number of hydrogen-bond donors (Lipinski definition) is 2. The van der Waals surface area contributed by atoms with Gasteiger partial charge in [0.05, 0.1) is 29.1 Å². The Hall–Kier alpha value is -2.05. The average molecular weight is 323 g/mol. The highest BCUT2D eigenvalue weighted by Gasteiger charge is 2.18. The molecule has 1 aromatic heterocycles. The van der Waals surface area contributed by atoms with Gasteiger partial charge in [-0.3, -0.25) is 4.68 Å². The van der Waals surface area contributed by atoms with E-state index in [1.54, 1.807) is 24.1 Å². The van der Waals surface area contributed by atoms with Crippen LogP contribution in [-0.4, -0.2) is 29.5 Å². The van der Waals surface area contributed by atoms with Crippen LogP contribution < -0.4 is 10.6 Å². The Kier molecular flexibility index (Phi) is 5.41. The highest BCUT2D eigenvalue weighted by Crippen LogP contribution is 2.25. The highest BCUT2D eigenvalue weighted by atomic mass is 35.5. The van der Waals surface area contributed by atoms with E-state index in [9.17, 15) is 4.79 Å². The van der Waals surface area contributed by atoms with E-state index in [-0.39, 0.29) is 12.1 Å². The molecule has 2 aromatic rings. The van der Waals surface area contributed by atoms with E-state index in [0.29, 0.717) is 17.3 Å². The summed E-state index contributed by atoms with van der Waals surface area (Å²) in [7, 11) is 3.40. The molecule has 1 heterocycles. The van der Waals surface area contributed by atoms with Gasteiger partial charge in [0.15, 0.2) is 0 Å². The Balaban J connectivity index is 2.10. The minimum absolute atomic E-state index is 0.305. The number of carbonyl (C=O) groups is 1. The maximum atomic E-state index is 12.2. The minimum atomic E-state index is -0.348. The Labute approximate surface area is 134 Å². The molecule has 22 heavy (non-hydrogen) atoms. The second kappa shape index (κ2) is 7.29. The minimum Gasteiger partial charge on any atom is -0.382 e. The van der Waals surface area contributed by atoms with Gasteiger partial charge in [-0.05, 0) is 24.6 Å². The summed E-state index contributed by atoms with van der Waals surface area (Å²) in [5.41, 5.74) is 2.35. The van der Waals surface area contributed by atoms with Crippen molar-refractivity contribution in [2.45, 2.75) is 13.0 Å². The van der Waals surface area contributed by atoms with Crippen LogP contribution in [0.25, 0.3) is 0 Å². The van der Waals surface area contributed by atoms with Gasteiger partial charge in [0.1, 0.15) is 0 Å². The molecule has 0 aliphatic rings. The first kappa shape index (κ1) is 16.3. The second-order valence-corrected chi connectivity index (χ2v) is 5.33. The van der Waals surface area contributed by atoms with E-state index in [2.05, 4.69) is 15.7 Å². The summed E-state index contributed by atoms with van der Waals surface area (Å²) in [4.78, 5) is 12.2. The zero-order chi connectivity index (χ0) is 16.1. The number of para-hydroxylation sites is 1. The van der Waals surface area contributed by atoms with Crippen LogP contribution in [0.1, 0.15) is 17.3 Å². The maximum absolute atomic E-state index is 12.2. The first-order valence-corrected chi connectivity index (χ1v) is 7.20. The predicted molar refractivity (Wildman–Crippen MR) is 86.2 cm³/mol. The number of benzene rings is 1.